The summed E-state index contributed by atoms with van der Waals surface area (Å²) in [4.78, 5) is 13.0. The summed E-state index contributed by atoms with van der Waals surface area (Å²) < 4.78 is 38.0. The number of nitrogens with one attached hydrogen (secondary N) is 2. The van der Waals surface area contributed by atoms with Gasteiger partial charge >= 0.3 is 0 Å². The molecule has 0 bridgehead atoms. The van der Waals surface area contributed by atoms with Crippen LogP contribution in [0.15, 0.2) is 82.2 Å². The maximum absolute atomic E-state index is 13.2. The van der Waals surface area contributed by atoms with Crippen LogP contribution in [0.5, 0.6) is 0 Å². The van der Waals surface area contributed by atoms with Gasteiger partial charge in [0, 0.05) is 10.2 Å². The summed E-state index contributed by atoms with van der Waals surface area (Å²) in [6, 6.07) is 20.0. The van der Waals surface area contributed by atoms with Crippen LogP contribution < -0.4 is 10.0 Å². The number of benzene rings is 3. The molecule has 4 rings (SSSR count). The number of amides is 1. The normalized spacial score (nSPS) is 12.5. The highest BCUT2D eigenvalue weighted by molar-refractivity contribution is 9.10. The molecule has 1 amide bonds. The van der Waals surface area contributed by atoms with Gasteiger partial charge in [-0.3, -0.25) is 4.79 Å². The number of anilines is 1. The smallest absolute Gasteiger partial charge is 0.243 e. The van der Waals surface area contributed by atoms with E-state index in [9.17, 15) is 13.2 Å². The Morgan fingerprint density at radius 3 is 2.45 bits per heavy atom. The van der Waals surface area contributed by atoms with Gasteiger partial charge in [0.2, 0.25) is 15.9 Å². The van der Waals surface area contributed by atoms with E-state index in [1.54, 1.807) is 36.4 Å². The minimum absolute atomic E-state index is 0.00625. The molecule has 7 nitrogen and oxygen atoms in total. The molecule has 4 aromatic rings. The third-order valence-electron chi connectivity index (χ3n) is 4.55. The lowest BCUT2D eigenvalue weighted by atomic mass is 10.1. The number of hydrogen-bond donors (Lipinski definition) is 2. The van der Waals surface area contributed by atoms with Crippen molar-refractivity contribution in [3.05, 3.63) is 82.8 Å². The van der Waals surface area contributed by atoms with Crippen LogP contribution in [0.3, 0.4) is 0 Å². The van der Waals surface area contributed by atoms with Crippen molar-refractivity contribution in [1.29, 1.82) is 0 Å². The molecule has 0 saturated heterocycles. The minimum atomic E-state index is -4.03. The van der Waals surface area contributed by atoms with E-state index in [2.05, 4.69) is 34.7 Å². The fourth-order valence-electron chi connectivity index (χ4n) is 3.05. The largest absolute Gasteiger partial charge is 0.325 e. The van der Waals surface area contributed by atoms with Crippen LogP contribution in [-0.4, -0.2) is 29.1 Å². The number of carbonyl (C=O) groups excluding carboxylic acids is 1. The van der Waals surface area contributed by atoms with Crippen molar-refractivity contribution in [2.45, 2.75) is 17.4 Å². The fraction of sp³-hybridized carbons (Fsp3) is 0.0952. The van der Waals surface area contributed by atoms with Gasteiger partial charge in [0.15, 0.2) is 0 Å². The second-order valence-corrected chi connectivity index (χ2v) is 9.87. The first-order valence-electron chi connectivity index (χ1n) is 9.26. The van der Waals surface area contributed by atoms with Gasteiger partial charge in [-0.1, -0.05) is 52.3 Å². The standard InChI is InChI=1S/C21H17BrN4O3S2/c22-15-9-11-16(12-10-15)23-21(27)18(13-14-5-2-1-3-6-14)26-31(28,29)19-8-4-7-17-20(19)25-30-24-17/h1-12,18,26H,13H2,(H,23,27). The molecule has 0 aliphatic carbocycles. The van der Waals surface area contributed by atoms with Crippen molar-refractivity contribution in [2.75, 3.05) is 5.32 Å². The number of nitrogens with zero attached hydrogens (tertiary/aromatic N) is 2. The zero-order chi connectivity index (χ0) is 21.8. The lowest BCUT2D eigenvalue weighted by Gasteiger charge is -2.19. The minimum Gasteiger partial charge on any atom is -0.325 e. The highest BCUT2D eigenvalue weighted by atomic mass is 79.9. The molecule has 1 atom stereocenters. The van der Waals surface area contributed by atoms with Crippen LogP contribution in [0.4, 0.5) is 5.69 Å². The molecule has 0 aliphatic rings. The SMILES string of the molecule is O=C(Nc1ccc(Br)cc1)C(Cc1ccccc1)NS(=O)(=O)c1cccc2nsnc12. The molecule has 158 valence electrons. The van der Waals surface area contributed by atoms with Crippen molar-refractivity contribution in [3.8, 4) is 0 Å². The van der Waals surface area contributed by atoms with E-state index < -0.39 is 22.0 Å². The zero-order valence-corrected chi connectivity index (χ0v) is 19.2. The third kappa shape index (κ3) is 5.16. The first-order valence-corrected chi connectivity index (χ1v) is 12.3. The van der Waals surface area contributed by atoms with Gasteiger partial charge in [0.1, 0.15) is 22.0 Å². The van der Waals surface area contributed by atoms with E-state index in [4.69, 9.17) is 0 Å². The Kier molecular flexibility index (Phi) is 6.42. The van der Waals surface area contributed by atoms with Crippen molar-refractivity contribution in [2.24, 2.45) is 0 Å². The van der Waals surface area contributed by atoms with E-state index in [0.29, 0.717) is 11.2 Å². The Hall–Kier alpha value is -2.66. The molecular formula is C21H17BrN4O3S2. The summed E-state index contributed by atoms with van der Waals surface area (Å²) in [5.41, 5.74) is 2.17. The molecule has 1 aromatic heterocycles. The maximum atomic E-state index is 13.2. The lowest BCUT2D eigenvalue weighted by Crippen LogP contribution is -2.45. The summed E-state index contributed by atoms with van der Waals surface area (Å²) in [5.74, 6) is -0.460. The highest BCUT2D eigenvalue weighted by Gasteiger charge is 2.28. The fourth-order valence-corrected chi connectivity index (χ4v) is 5.28. The quantitative estimate of drug-likeness (QED) is 0.386. The lowest BCUT2D eigenvalue weighted by molar-refractivity contribution is -0.117. The molecule has 0 spiro atoms. The molecule has 31 heavy (non-hydrogen) atoms. The molecule has 2 N–H and O–H groups in total. The van der Waals surface area contributed by atoms with Gasteiger partial charge in [0.25, 0.3) is 0 Å². The van der Waals surface area contributed by atoms with Crippen LogP contribution in [0.2, 0.25) is 0 Å². The average molecular weight is 517 g/mol. The van der Waals surface area contributed by atoms with Gasteiger partial charge in [-0.2, -0.15) is 13.5 Å². The molecule has 1 unspecified atom stereocenters. The van der Waals surface area contributed by atoms with E-state index in [1.807, 2.05) is 30.3 Å². The summed E-state index contributed by atoms with van der Waals surface area (Å²) in [6.45, 7) is 0. The van der Waals surface area contributed by atoms with E-state index in [1.165, 1.54) is 6.07 Å². The maximum Gasteiger partial charge on any atom is 0.243 e. The molecular weight excluding hydrogens is 500 g/mol. The molecule has 0 saturated carbocycles. The summed E-state index contributed by atoms with van der Waals surface area (Å²) in [7, 11) is -4.03. The Morgan fingerprint density at radius 1 is 0.968 bits per heavy atom. The number of halogens is 1. The predicted octanol–water partition coefficient (Wildman–Crippen LogP) is 3.98. The van der Waals surface area contributed by atoms with Gasteiger partial charge in [-0.15, -0.1) is 0 Å². The second-order valence-electron chi connectivity index (χ2n) is 6.75. The summed E-state index contributed by atoms with van der Waals surface area (Å²) in [6.07, 6.45) is 0.188. The highest BCUT2D eigenvalue weighted by Crippen LogP contribution is 2.22. The summed E-state index contributed by atoms with van der Waals surface area (Å²) in [5, 5.41) is 2.78. The Morgan fingerprint density at radius 2 is 1.71 bits per heavy atom. The second kappa shape index (κ2) is 9.23. The molecule has 10 heteroatoms. The van der Waals surface area contributed by atoms with Crippen molar-refractivity contribution in [3.63, 3.8) is 0 Å². The van der Waals surface area contributed by atoms with E-state index in [0.717, 1.165) is 21.8 Å². The molecule has 0 radical (unpaired) electrons. The topological polar surface area (TPSA) is 101 Å². The Balaban J connectivity index is 1.64. The molecule has 0 fully saturated rings. The monoisotopic (exact) mass is 516 g/mol. The van der Waals surface area contributed by atoms with Crippen LogP contribution in [0.25, 0.3) is 11.0 Å². The number of fused-ring (bicyclic) bond motifs is 1. The first kappa shape index (κ1) is 21.6. The van der Waals surface area contributed by atoms with Gasteiger partial charge in [-0.25, -0.2) is 8.42 Å². The number of rotatable bonds is 7. The molecule has 0 aliphatic heterocycles. The Labute approximate surface area is 192 Å². The number of sulfonamides is 1. The van der Waals surface area contributed by atoms with Gasteiger partial charge in [-0.05, 0) is 48.4 Å². The number of hydrogen-bond acceptors (Lipinski definition) is 6. The summed E-state index contributed by atoms with van der Waals surface area (Å²) >= 11 is 4.29. The Bertz CT molecular complexity index is 1310. The molecule has 1 heterocycles. The predicted molar refractivity (Wildman–Crippen MR) is 124 cm³/mol. The average Bonchev–Trinajstić information content (AvgIpc) is 3.24. The van der Waals surface area contributed by atoms with Gasteiger partial charge in [0.05, 0.1) is 11.7 Å². The van der Waals surface area contributed by atoms with Crippen LogP contribution >= 0.6 is 27.7 Å². The van der Waals surface area contributed by atoms with E-state index in [-0.39, 0.29) is 16.8 Å². The number of carbonyl (C=O) groups is 1. The van der Waals surface area contributed by atoms with Gasteiger partial charge < -0.3 is 5.32 Å². The van der Waals surface area contributed by atoms with Crippen LogP contribution in [0, 0.1) is 0 Å². The first-order chi connectivity index (χ1) is 14.9. The zero-order valence-electron chi connectivity index (χ0n) is 16.0. The van der Waals surface area contributed by atoms with Crippen molar-refractivity contribution in [1.82, 2.24) is 13.5 Å². The van der Waals surface area contributed by atoms with Crippen molar-refractivity contribution < 1.29 is 13.2 Å². The van der Waals surface area contributed by atoms with E-state index >= 15 is 0 Å². The van der Waals surface area contributed by atoms with Crippen LogP contribution in [-0.2, 0) is 21.2 Å². The van der Waals surface area contributed by atoms with Crippen molar-refractivity contribution >= 4 is 60.3 Å². The third-order valence-corrected chi connectivity index (χ3v) is 7.12. The molecule has 3 aromatic carbocycles. The van der Waals surface area contributed by atoms with Crippen LogP contribution in [0.1, 0.15) is 5.56 Å². The number of aromatic nitrogens is 2.